The third kappa shape index (κ3) is 3.57. The van der Waals surface area contributed by atoms with Gasteiger partial charge in [-0.3, -0.25) is 9.69 Å². The first kappa shape index (κ1) is 16.4. The molecule has 1 aromatic heterocycles. The topological polar surface area (TPSA) is 40.5 Å². The van der Waals surface area contributed by atoms with Crippen molar-refractivity contribution in [2.24, 2.45) is 0 Å². The Bertz CT molecular complexity index is 688. The van der Waals surface area contributed by atoms with Gasteiger partial charge in [0, 0.05) is 4.88 Å². The number of hydrogen-bond donors (Lipinski definition) is 1. The van der Waals surface area contributed by atoms with Crippen molar-refractivity contribution < 1.29 is 14.3 Å². The number of thiophene rings is 1. The van der Waals surface area contributed by atoms with Crippen LogP contribution in [0.15, 0.2) is 36.4 Å². The van der Waals surface area contributed by atoms with Gasteiger partial charge >= 0.3 is 5.97 Å². The molecule has 0 amide bonds. The number of benzene rings is 1. The Morgan fingerprint density at radius 2 is 2.00 bits per heavy atom. The van der Waals surface area contributed by atoms with Crippen molar-refractivity contribution in [1.82, 2.24) is 4.90 Å². The zero-order valence-electron chi connectivity index (χ0n) is 12.4. The molecule has 0 saturated carbocycles. The summed E-state index contributed by atoms with van der Waals surface area (Å²) in [5.41, 5.74) is 0.887. The Morgan fingerprint density at radius 1 is 1.26 bits per heavy atom. The van der Waals surface area contributed by atoms with E-state index in [1.807, 2.05) is 17.0 Å². The molecule has 1 aromatic carbocycles. The van der Waals surface area contributed by atoms with E-state index in [1.54, 1.807) is 12.1 Å². The first-order chi connectivity index (χ1) is 11.1. The van der Waals surface area contributed by atoms with E-state index < -0.39 is 12.0 Å². The summed E-state index contributed by atoms with van der Waals surface area (Å²) < 4.78 is 13.9. The second kappa shape index (κ2) is 6.99. The molecular weight excluding hydrogens is 337 g/mol. The van der Waals surface area contributed by atoms with E-state index in [2.05, 4.69) is 0 Å². The van der Waals surface area contributed by atoms with Crippen LogP contribution < -0.4 is 0 Å². The first-order valence-corrected chi connectivity index (χ1v) is 8.75. The van der Waals surface area contributed by atoms with Crippen molar-refractivity contribution in [3.63, 3.8) is 0 Å². The third-order valence-corrected chi connectivity index (χ3v) is 5.49. The average Bonchev–Trinajstić information content (AvgIpc) is 2.96. The fraction of sp³-hybridized carbons (Fsp3) is 0.353. The van der Waals surface area contributed by atoms with E-state index in [0.717, 1.165) is 23.3 Å². The van der Waals surface area contributed by atoms with Crippen LogP contribution in [-0.4, -0.2) is 28.6 Å². The molecule has 23 heavy (non-hydrogen) atoms. The van der Waals surface area contributed by atoms with Crippen LogP contribution >= 0.6 is 22.9 Å². The van der Waals surface area contributed by atoms with Crippen molar-refractivity contribution in [3.8, 4) is 0 Å². The highest BCUT2D eigenvalue weighted by atomic mass is 35.5. The lowest BCUT2D eigenvalue weighted by molar-refractivity contribution is -0.145. The molecule has 0 radical (unpaired) electrons. The van der Waals surface area contributed by atoms with Gasteiger partial charge in [0.25, 0.3) is 0 Å². The molecule has 1 saturated heterocycles. The lowest BCUT2D eigenvalue weighted by Gasteiger charge is -2.39. The number of piperidine rings is 1. The molecule has 1 N–H and O–H groups in total. The minimum Gasteiger partial charge on any atom is -0.480 e. The summed E-state index contributed by atoms with van der Waals surface area (Å²) in [5.74, 6) is -1.11. The minimum atomic E-state index is -0.806. The number of hydrogen-bond acceptors (Lipinski definition) is 3. The molecule has 1 aliphatic heterocycles. The molecule has 2 aromatic rings. The maximum Gasteiger partial charge on any atom is 0.320 e. The third-order valence-electron chi connectivity index (χ3n) is 4.21. The van der Waals surface area contributed by atoms with Crippen LogP contribution in [0.5, 0.6) is 0 Å². The largest absolute Gasteiger partial charge is 0.480 e. The number of carboxylic acid groups (broad SMARTS) is 1. The summed E-state index contributed by atoms with van der Waals surface area (Å²) in [6, 6.07) is 9.28. The van der Waals surface area contributed by atoms with E-state index in [0.29, 0.717) is 17.3 Å². The molecule has 0 bridgehead atoms. The summed E-state index contributed by atoms with van der Waals surface area (Å²) in [6.45, 7) is 0.703. The zero-order valence-corrected chi connectivity index (χ0v) is 14.0. The second-order valence-electron chi connectivity index (χ2n) is 5.68. The Kier molecular flexibility index (Phi) is 4.99. The van der Waals surface area contributed by atoms with Crippen LogP contribution in [0.2, 0.25) is 4.34 Å². The van der Waals surface area contributed by atoms with Gasteiger partial charge < -0.3 is 5.11 Å². The van der Waals surface area contributed by atoms with Gasteiger partial charge in [-0.15, -0.1) is 11.3 Å². The Hall–Kier alpha value is -1.43. The van der Waals surface area contributed by atoms with Gasteiger partial charge in [-0.1, -0.05) is 30.2 Å². The zero-order chi connectivity index (χ0) is 16.4. The summed E-state index contributed by atoms with van der Waals surface area (Å²) in [4.78, 5) is 14.6. The summed E-state index contributed by atoms with van der Waals surface area (Å²) >= 11 is 7.52. The van der Waals surface area contributed by atoms with Gasteiger partial charge in [0.05, 0.1) is 10.4 Å². The molecule has 1 fully saturated rings. The van der Waals surface area contributed by atoms with Gasteiger partial charge in [-0.05, 0) is 49.2 Å². The first-order valence-electron chi connectivity index (χ1n) is 7.55. The van der Waals surface area contributed by atoms with Crippen LogP contribution in [-0.2, 0) is 4.79 Å². The number of rotatable bonds is 4. The molecule has 6 heteroatoms. The lowest BCUT2D eigenvalue weighted by Crippen LogP contribution is -2.46. The van der Waals surface area contributed by atoms with Crippen LogP contribution in [0.4, 0.5) is 4.39 Å². The number of halogens is 2. The van der Waals surface area contributed by atoms with Gasteiger partial charge in [0.2, 0.25) is 0 Å². The van der Waals surface area contributed by atoms with Crippen molar-refractivity contribution in [3.05, 3.63) is 57.0 Å². The Balaban J connectivity index is 2.03. The number of nitrogens with zero attached hydrogens (tertiary/aromatic N) is 1. The quantitative estimate of drug-likeness (QED) is 0.875. The minimum absolute atomic E-state index is 0.213. The van der Waals surface area contributed by atoms with Crippen LogP contribution in [0.3, 0.4) is 0 Å². The fourth-order valence-electron chi connectivity index (χ4n) is 3.17. The van der Waals surface area contributed by atoms with Crippen molar-refractivity contribution in [2.45, 2.75) is 31.3 Å². The molecule has 0 aliphatic carbocycles. The molecule has 2 unspecified atom stereocenters. The smallest absolute Gasteiger partial charge is 0.320 e. The Morgan fingerprint density at radius 3 is 2.61 bits per heavy atom. The van der Waals surface area contributed by atoms with E-state index >= 15 is 0 Å². The molecular formula is C17H17ClFNO2S. The van der Waals surface area contributed by atoms with Crippen molar-refractivity contribution in [2.75, 3.05) is 6.54 Å². The molecule has 2 heterocycles. The highest BCUT2D eigenvalue weighted by Crippen LogP contribution is 2.38. The highest BCUT2D eigenvalue weighted by Gasteiger charge is 2.35. The number of carbonyl (C=O) groups is 1. The predicted octanol–water partition coefficient (Wildman–Crippen LogP) is 4.57. The fourth-order valence-corrected chi connectivity index (χ4v) is 4.38. The predicted molar refractivity (Wildman–Crippen MR) is 89.6 cm³/mol. The van der Waals surface area contributed by atoms with E-state index in [9.17, 15) is 14.3 Å². The van der Waals surface area contributed by atoms with Crippen molar-refractivity contribution in [1.29, 1.82) is 0 Å². The summed E-state index contributed by atoms with van der Waals surface area (Å²) in [7, 11) is 0. The molecule has 3 nitrogen and oxygen atoms in total. The summed E-state index contributed by atoms with van der Waals surface area (Å²) in [5, 5.41) is 9.58. The van der Waals surface area contributed by atoms with Crippen LogP contribution in [0, 0.1) is 5.82 Å². The molecule has 0 spiro atoms. The number of likely N-dealkylation sites (tertiary alicyclic amines) is 1. The van der Waals surface area contributed by atoms with Gasteiger partial charge in [0.15, 0.2) is 0 Å². The Labute approximate surface area is 143 Å². The molecule has 2 atom stereocenters. The summed E-state index contributed by atoms with van der Waals surface area (Å²) in [6.07, 6.45) is 2.50. The van der Waals surface area contributed by atoms with Crippen LogP contribution in [0.25, 0.3) is 0 Å². The number of aliphatic carboxylic acids is 1. The SMILES string of the molecule is O=C(O)C1CCCCN1C(c1ccc(F)cc1)c1ccc(Cl)s1. The van der Waals surface area contributed by atoms with Gasteiger partial charge in [-0.2, -0.15) is 0 Å². The van der Waals surface area contributed by atoms with Crippen molar-refractivity contribution >= 4 is 28.9 Å². The monoisotopic (exact) mass is 353 g/mol. The lowest BCUT2D eigenvalue weighted by atomic mass is 9.95. The molecule has 122 valence electrons. The maximum absolute atomic E-state index is 13.3. The second-order valence-corrected chi connectivity index (χ2v) is 7.43. The standard InChI is InChI=1S/C17H17ClFNO2S/c18-15-9-8-14(23-15)16(11-4-6-12(19)7-5-11)20-10-2-1-3-13(20)17(21)22/h4-9,13,16H,1-3,10H2,(H,21,22). The molecule has 3 rings (SSSR count). The molecule has 1 aliphatic rings. The van der Waals surface area contributed by atoms with E-state index in [1.165, 1.54) is 23.5 Å². The maximum atomic E-state index is 13.3. The van der Waals surface area contributed by atoms with Gasteiger partial charge in [-0.25, -0.2) is 4.39 Å². The average molecular weight is 354 g/mol. The van der Waals surface area contributed by atoms with Gasteiger partial charge in [0.1, 0.15) is 11.9 Å². The normalized spacial score (nSPS) is 20.3. The van der Waals surface area contributed by atoms with E-state index in [4.69, 9.17) is 11.6 Å². The van der Waals surface area contributed by atoms with Crippen LogP contribution in [0.1, 0.15) is 35.7 Å². The highest BCUT2D eigenvalue weighted by molar-refractivity contribution is 7.16. The van der Waals surface area contributed by atoms with E-state index in [-0.39, 0.29) is 11.9 Å². The number of carboxylic acids is 1.